The summed E-state index contributed by atoms with van der Waals surface area (Å²) in [5.74, 6) is -0.205. The Bertz CT molecular complexity index is 579. The molecule has 20 heavy (non-hydrogen) atoms. The van der Waals surface area contributed by atoms with Crippen LogP contribution in [0.3, 0.4) is 0 Å². The predicted molar refractivity (Wildman–Crippen MR) is 85.6 cm³/mol. The van der Waals surface area contributed by atoms with E-state index in [1.54, 1.807) is 24.3 Å². The average Bonchev–Trinajstić information content (AvgIpc) is 2.84. The molecule has 0 unspecified atom stereocenters. The highest BCUT2D eigenvalue weighted by Gasteiger charge is 2.60. The minimum absolute atomic E-state index is 0.0373. The van der Waals surface area contributed by atoms with E-state index in [4.69, 9.17) is 46.4 Å². The Morgan fingerprint density at radius 2 is 1.90 bits per heavy atom. The number of benzene rings is 1. The number of hydrogen-bond donors (Lipinski definition) is 1. The summed E-state index contributed by atoms with van der Waals surface area (Å²) in [7, 11) is 0. The van der Waals surface area contributed by atoms with Gasteiger partial charge in [0.25, 0.3) is 0 Å². The zero-order chi connectivity index (χ0) is 15.1. The molecule has 1 aliphatic rings. The average molecular weight is 353 g/mol. The van der Waals surface area contributed by atoms with E-state index < -0.39 is 0 Å². The number of hydrogen-bond acceptors (Lipinski definition) is 1. The third kappa shape index (κ3) is 3.25. The molecule has 1 aromatic rings. The van der Waals surface area contributed by atoms with Crippen LogP contribution in [0.4, 0.5) is 5.69 Å². The molecule has 0 aliphatic heterocycles. The molecule has 108 valence electrons. The van der Waals surface area contributed by atoms with Crippen molar-refractivity contribution in [1.29, 1.82) is 0 Å². The number of allylic oxidation sites excluding steroid dienone is 1. The first kappa shape index (κ1) is 16.0. The zero-order valence-electron chi connectivity index (χ0n) is 10.9. The number of amides is 1. The van der Waals surface area contributed by atoms with Crippen LogP contribution < -0.4 is 5.32 Å². The summed E-state index contributed by atoms with van der Waals surface area (Å²) >= 11 is 23.1. The molecule has 1 N–H and O–H groups in total. The topological polar surface area (TPSA) is 29.1 Å². The molecule has 0 heterocycles. The van der Waals surface area contributed by atoms with E-state index in [-0.39, 0.29) is 27.6 Å². The Hall–Kier alpha value is -0.410. The quantitative estimate of drug-likeness (QED) is 0.761. The molecule has 2 nitrogen and oxygen atoms in total. The first-order valence-corrected chi connectivity index (χ1v) is 7.53. The fourth-order valence-electron chi connectivity index (χ4n) is 2.42. The smallest absolute Gasteiger partial charge is 0.228 e. The summed E-state index contributed by atoms with van der Waals surface area (Å²) in [5, 5.41) is 3.69. The van der Waals surface area contributed by atoms with Crippen LogP contribution in [-0.4, -0.2) is 5.91 Å². The van der Waals surface area contributed by atoms with E-state index in [1.165, 1.54) is 0 Å². The van der Waals surface area contributed by atoms with Gasteiger partial charge >= 0.3 is 0 Å². The van der Waals surface area contributed by atoms with Gasteiger partial charge in [-0.15, -0.1) is 0 Å². The van der Waals surface area contributed by atoms with Crippen molar-refractivity contribution in [2.24, 2.45) is 17.3 Å². The summed E-state index contributed by atoms with van der Waals surface area (Å²) in [6.45, 7) is 4.01. The van der Waals surface area contributed by atoms with Crippen LogP contribution in [0, 0.1) is 17.3 Å². The second kappa shape index (κ2) is 5.76. The summed E-state index contributed by atoms with van der Waals surface area (Å²) in [6, 6.07) is 4.97. The maximum absolute atomic E-state index is 12.3. The largest absolute Gasteiger partial charge is 0.326 e. The molecular weight excluding hydrogens is 340 g/mol. The number of nitrogens with one attached hydrogen (secondary N) is 1. The lowest BCUT2D eigenvalue weighted by Crippen LogP contribution is -2.16. The van der Waals surface area contributed by atoms with E-state index in [9.17, 15) is 4.79 Å². The highest BCUT2D eigenvalue weighted by molar-refractivity contribution is 6.55. The molecule has 1 aromatic carbocycles. The Balaban J connectivity index is 2.10. The van der Waals surface area contributed by atoms with Crippen molar-refractivity contribution in [2.75, 3.05) is 5.32 Å². The zero-order valence-corrected chi connectivity index (χ0v) is 13.9. The molecule has 0 spiro atoms. The van der Waals surface area contributed by atoms with Crippen molar-refractivity contribution >= 4 is 58.0 Å². The van der Waals surface area contributed by atoms with Gasteiger partial charge in [0.1, 0.15) is 4.49 Å². The Morgan fingerprint density at radius 1 is 1.25 bits per heavy atom. The van der Waals surface area contributed by atoms with Gasteiger partial charge in [-0.1, -0.05) is 60.3 Å². The van der Waals surface area contributed by atoms with Gasteiger partial charge in [0.05, 0.1) is 16.0 Å². The minimum atomic E-state index is -0.163. The summed E-state index contributed by atoms with van der Waals surface area (Å²) in [6.07, 6.45) is 1.71. The molecule has 6 heteroatoms. The second-order valence-corrected chi connectivity index (χ2v) is 7.22. The molecule has 2 rings (SSSR count). The number of carbonyl (C=O) groups excluding carboxylic acids is 1. The van der Waals surface area contributed by atoms with Crippen LogP contribution in [0.1, 0.15) is 13.8 Å². The van der Waals surface area contributed by atoms with Crippen LogP contribution in [0.25, 0.3) is 0 Å². The van der Waals surface area contributed by atoms with Crippen molar-refractivity contribution in [3.63, 3.8) is 0 Å². The predicted octanol–water partition coefficient (Wildman–Crippen LogP) is 5.52. The van der Waals surface area contributed by atoms with E-state index >= 15 is 0 Å². The molecule has 2 atom stereocenters. The molecular formula is C14H13Cl4NO. The Morgan fingerprint density at radius 3 is 2.45 bits per heavy atom. The van der Waals surface area contributed by atoms with Gasteiger partial charge in [-0.25, -0.2) is 0 Å². The second-order valence-electron chi connectivity index (χ2n) is 5.40. The number of carbonyl (C=O) groups is 1. The third-order valence-corrected chi connectivity index (χ3v) is 4.68. The summed E-state index contributed by atoms with van der Waals surface area (Å²) in [5.41, 5.74) is 0.460. The van der Waals surface area contributed by atoms with Gasteiger partial charge in [-0.2, -0.15) is 0 Å². The van der Waals surface area contributed by atoms with Crippen LogP contribution in [0.5, 0.6) is 0 Å². The first-order valence-electron chi connectivity index (χ1n) is 6.02. The van der Waals surface area contributed by atoms with E-state index in [0.29, 0.717) is 15.7 Å². The van der Waals surface area contributed by atoms with Crippen LogP contribution in [-0.2, 0) is 4.79 Å². The Labute approximate surface area is 138 Å². The molecule has 1 amide bonds. The fraction of sp³-hybridized carbons (Fsp3) is 0.357. The number of halogens is 4. The lowest BCUT2D eigenvalue weighted by molar-refractivity contribution is -0.118. The molecule has 0 bridgehead atoms. The lowest BCUT2D eigenvalue weighted by Gasteiger charge is -2.07. The highest BCUT2D eigenvalue weighted by Crippen LogP contribution is 2.60. The highest BCUT2D eigenvalue weighted by atomic mass is 35.5. The van der Waals surface area contributed by atoms with Gasteiger partial charge < -0.3 is 5.32 Å². The lowest BCUT2D eigenvalue weighted by atomic mass is 10.1. The Kier molecular flexibility index (Phi) is 4.60. The van der Waals surface area contributed by atoms with Gasteiger partial charge in [-0.05, 0) is 35.6 Å². The third-order valence-electron chi connectivity index (χ3n) is 3.69. The van der Waals surface area contributed by atoms with Crippen LogP contribution in [0.15, 0.2) is 28.8 Å². The minimum Gasteiger partial charge on any atom is -0.326 e. The van der Waals surface area contributed by atoms with Crippen molar-refractivity contribution in [1.82, 2.24) is 0 Å². The number of rotatable bonds is 3. The van der Waals surface area contributed by atoms with Gasteiger partial charge in [0.15, 0.2) is 0 Å². The van der Waals surface area contributed by atoms with E-state index in [0.717, 1.165) is 0 Å². The van der Waals surface area contributed by atoms with Crippen LogP contribution >= 0.6 is 46.4 Å². The molecule has 0 aromatic heterocycles. The molecule has 1 saturated carbocycles. The monoisotopic (exact) mass is 351 g/mol. The van der Waals surface area contributed by atoms with Gasteiger partial charge in [-0.3, -0.25) is 4.79 Å². The van der Waals surface area contributed by atoms with Gasteiger partial charge in [0.2, 0.25) is 5.91 Å². The fourth-order valence-corrected chi connectivity index (χ4v) is 2.99. The SMILES string of the molecule is CC1(C)[C@@H](C=C(Cl)Cl)[C@@H]1C(=O)Nc1ccc(Cl)c(Cl)c1. The molecule has 1 fully saturated rings. The van der Waals surface area contributed by atoms with Crippen molar-refractivity contribution < 1.29 is 4.79 Å². The first-order chi connectivity index (χ1) is 9.23. The molecule has 0 radical (unpaired) electrons. The van der Waals surface area contributed by atoms with E-state index in [2.05, 4.69) is 5.32 Å². The van der Waals surface area contributed by atoms with Crippen molar-refractivity contribution in [3.8, 4) is 0 Å². The van der Waals surface area contributed by atoms with Crippen molar-refractivity contribution in [3.05, 3.63) is 38.8 Å². The van der Waals surface area contributed by atoms with Crippen LogP contribution in [0.2, 0.25) is 10.0 Å². The summed E-state index contributed by atoms with van der Waals surface area (Å²) < 4.78 is 0.188. The summed E-state index contributed by atoms with van der Waals surface area (Å²) in [4.78, 5) is 12.3. The standard InChI is InChI=1S/C14H13Cl4NO/c1-14(2)8(6-11(17)18)12(14)13(20)19-7-3-4-9(15)10(16)5-7/h3-6,8,12H,1-2H3,(H,19,20)/t8-,12+/m0/s1. The maximum atomic E-state index is 12.3. The molecule has 1 aliphatic carbocycles. The van der Waals surface area contributed by atoms with E-state index in [1.807, 2.05) is 13.8 Å². The van der Waals surface area contributed by atoms with Crippen molar-refractivity contribution in [2.45, 2.75) is 13.8 Å². The normalized spacial score (nSPS) is 23.1. The maximum Gasteiger partial charge on any atom is 0.228 e. The number of anilines is 1. The van der Waals surface area contributed by atoms with Gasteiger partial charge in [0, 0.05) is 5.69 Å². The molecule has 0 saturated heterocycles.